The van der Waals surface area contributed by atoms with Crippen molar-refractivity contribution in [3.63, 3.8) is 0 Å². The molecule has 1 N–H and O–H groups in total. The van der Waals surface area contributed by atoms with Crippen molar-refractivity contribution in [2.75, 3.05) is 26.4 Å². The van der Waals surface area contributed by atoms with Gasteiger partial charge in [0, 0.05) is 19.8 Å². The molecule has 1 unspecified atom stereocenters. The van der Waals surface area contributed by atoms with Crippen LogP contribution < -0.4 is 5.32 Å². The largest absolute Gasteiger partial charge is 0.379 e. The van der Waals surface area contributed by atoms with Gasteiger partial charge < -0.3 is 14.8 Å². The van der Waals surface area contributed by atoms with Crippen LogP contribution in [-0.4, -0.2) is 38.4 Å². The number of halogens is 3. The lowest BCUT2D eigenvalue weighted by molar-refractivity contribution is 0.0166. The Balaban J connectivity index is 1.66. The van der Waals surface area contributed by atoms with E-state index >= 15 is 0 Å². The minimum absolute atomic E-state index is 0.0730. The van der Waals surface area contributed by atoms with E-state index in [0.29, 0.717) is 26.2 Å². The molecule has 1 aromatic rings. The van der Waals surface area contributed by atoms with Gasteiger partial charge in [0.2, 0.25) is 0 Å². The van der Waals surface area contributed by atoms with Crippen molar-refractivity contribution in [1.82, 2.24) is 5.32 Å². The highest BCUT2D eigenvalue weighted by Crippen LogP contribution is 2.24. The molecule has 122 valence electrons. The molecule has 1 saturated heterocycles. The highest BCUT2D eigenvalue weighted by molar-refractivity contribution is 6.36. The Labute approximate surface area is 138 Å². The molecule has 0 spiro atoms. The lowest BCUT2D eigenvalue weighted by Gasteiger charge is -2.10. The Morgan fingerprint density at radius 1 is 1.41 bits per heavy atom. The van der Waals surface area contributed by atoms with Gasteiger partial charge in [-0.3, -0.25) is 4.79 Å². The molecule has 0 aliphatic carbocycles. The zero-order chi connectivity index (χ0) is 15.9. The predicted octanol–water partition coefficient (Wildman–Crippen LogP) is 3.45. The quantitative estimate of drug-likeness (QED) is 0.605. The van der Waals surface area contributed by atoms with Gasteiger partial charge >= 0.3 is 0 Å². The van der Waals surface area contributed by atoms with Crippen LogP contribution in [0.25, 0.3) is 0 Å². The number of nitrogens with one attached hydrogen (secondary N) is 1. The molecular weight excluding hydrogens is 332 g/mol. The van der Waals surface area contributed by atoms with E-state index in [0.717, 1.165) is 25.5 Å². The highest BCUT2D eigenvalue weighted by Gasteiger charge is 2.15. The number of hydrogen-bond acceptors (Lipinski definition) is 3. The summed E-state index contributed by atoms with van der Waals surface area (Å²) in [6.07, 6.45) is 2.98. The molecule has 1 atom stereocenters. The van der Waals surface area contributed by atoms with Gasteiger partial charge in [0.15, 0.2) is 0 Å². The van der Waals surface area contributed by atoms with E-state index in [2.05, 4.69) is 5.32 Å². The molecule has 1 aliphatic rings. The summed E-state index contributed by atoms with van der Waals surface area (Å²) in [5.41, 5.74) is 0.0730. The maximum absolute atomic E-state index is 13.4. The van der Waals surface area contributed by atoms with Crippen LogP contribution in [0.15, 0.2) is 12.1 Å². The van der Waals surface area contributed by atoms with Crippen molar-refractivity contribution >= 4 is 29.1 Å². The van der Waals surface area contributed by atoms with Gasteiger partial charge in [-0.05, 0) is 31.4 Å². The minimum Gasteiger partial charge on any atom is -0.379 e. The first-order valence-electron chi connectivity index (χ1n) is 7.20. The molecule has 0 bridgehead atoms. The second kappa shape index (κ2) is 8.67. The third-order valence-corrected chi connectivity index (χ3v) is 3.94. The standard InChI is InChI=1S/C15H18Cl2FNO3/c16-12-8-13(17)14(18)7-11(12)15(20)19-4-2-5-21-9-10-3-1-6-22-10/h7-8,10H,1-6,9H2,(H,19,20). The molecule has 1 heterocycles. The molecule has 0 aromatic heterocycles. The van der Waals surface area contributed by atoms with Crippen LogP contribution in [0, 0.1) is 5.82 Å². The zero-order valence-electron chi connectivity index (χ0n) is 12.0. The van der Waals surface area contributed by atoms with E-state index in [9.17, 15) is 9.18 Å². The van der Waals surface area contributed by atoms with Crippen LogP contribution in [-0.2, 0) is 9.47 Å². The molecule has 0 saturated carbocycles. The van der Waals surface area contributed by atoms with Crippen LogP contribution in [0.5, 0.6) is 0 Å². The van der Waals surface area contributed by atoms with Crippen molar-refractivity contribution in [3.8, 4) is 0 Å². The van der Waals surface area contributed by atoms with Crippen molar-refractivity contribution in [1.29, 1.82) is 0 Å². The molecule has 1 amide bonds. The van der Waals surface area contributed by atoms with E-state index in [1.165, 1.54) is 6.07 Å². The van der Waals surface area contributed by atoms with Gasteiger partial charge in [0.05, 0.1) is 28.3 Å². The first-order valence-corrected chi connectivity index (χ1v) is 7.95. The molecule has 7 heteroatoms. The monoisotopic (exact) mass is 349 g/mol. The summed E-state index contributed by atoms with van der Waals surface area (Å²) in [5, 5.41) is 2.69. The summed E-state index contributed by atoms with van der Waals surface area (Å²) >= 11 is 11.5. The molecule has 4 nitrogen and oxygen atoms in total. The lowest BCUT2D eigenvalue weighted by atomic mass is 10.2. The summed E-state index contributed by atoms with van der Waals surface area (Å²) < 4.78 is 24.3. The van der Waals surface area contributed by atoms with Gasteiger partial charge in [0.1, 0.15) is 5.82 Å². The van der Waals surface area contributed by atoms with E-state index in [1.54, 1.807) is 0 Å². The fourth-order valence-electron chi connectivity index (χ4n) is 2.16. The van der Waals surface area contributed by atoms with Crippen LogP contribution in [0.4, 0.5) is 4.39 Å². The van der Waals surface area contributed by atoms with E-state index in [1.807, 2.05) is 0 Å². The molecule has 22 heavy (non-hydrogen) atoms. The second-order valence-corrected chi connectivity index (χ2v) is 5.88. The summed E-state index contributed by atoms with van der Waals surface area (Å²) in [6.45, 7) is 2.35. The summed E-state index contributed by atoms with van der Waals surface area (Å²) in [6, 6.07) is 2.26. The van der Waals surface area contributed by atoms with Crippen LogP contribution >= 0.6 is 23.2 Å². The number of rotatable bonds is 7. The number of amides is 1. The number of carbonyl (C=O) groups excluding carboxylic acids is 1. The fourth-order valence-corrected chi connectivity index (χ4v) is 2.63. The second-order valence-electron chi connectivity index (χ2n) is 5.07. The smallest absolute Gasteiger partial charge is 0.252 e. The zero-order valence-corrected chi connectivity index (χ0v) is 13.6. The van der Waals surface area contributed by atoms with E-state index in [-0.39, 0.29) is 21.7 Å². The average Bonchev–Trinajstić information content (AvgIpc) is 2.99. The Bertz CT molecular complexity index is 522. The average molecular weight is 350 g/mol. The van der Waals surface area contributed by atoms with Gasteiger partial charge in [-0.1, -0.05) is 23.2 Å². The Morgan fingerprint density at radius 3 is 2.95 bits per heavy atom. The van der Waals surface area contributed by atoms with Crippen LogP contribution in [0.1, 0.15) is 29.6 Å². The normalized spacial score (nSPS) is 17.7. The number of benzene rings is 1. The third kappa shape index (κ3) is 5.09. The molecule has 2 rings (SSSR count). The summed E-state index contributed by atoms with van der Waals surface area (Å²) in [4.78, 5) is 11.9. The Morgan fingerprint density at radius 2 is 2.23 bits per heavy atom. The van der Waals surface area contributed by atoms with E-state index < -0.39 is 11.7 Å². The van der Waals surface area contributed by atoms with Crippen molar-refractivity contribution < 1.29 is 18.7 Å². The first kappa shape index (κ1) is 17.5. The Kier molecular flexibility index (Phi) is 6.89. The van der Waals surface area contributed by atoms with Crippen molar-refractivity contribution in [2.24, 2.45) is 0 Å². The summed E-state index contributed by atoms with van der Waals surface area (Å²) in [7, 11) is 0. The number of hydrogen-bond donors (Lipinski definition) is 1. The topological polar surface area (TPSA) is 47.6 Å². The number of ether oxygens (including phenoxy) is 2. The maximum Gasteiger partial charge on any atom is 0.252 e. The van der Waals surface area contributed by atoms with Crippen LogP contribution in [0.2, 0.25) is 10.0 Å². The van der Waals surface area contributed by atoms with Gasteiger partial charge in [0.25, 0.3) is 5.91 Å². The minimum atomic E-state index is -0.670. The first-order chi connectivity index (χ1) is 10.6. The number of carbonyl (C=O) groups is 1. The van der Waals surface area contributed by atoms with Gasteiger partial charge in [-0.2, -0.15) is 0 Å². The molecule has 0 radical (unpaired) electrons. The highest BCUT2D eigenvalue weighted by atomic mass is 35.5. The lowest BCUT2D eigenvalue weighted by Crippen LogP contribution is -2.26. The molecule has 1 aromatic carbocycles. The fraction of sp³-hybridized carbons (Fsp3) is 0.533. The summed E-state index contributed by atoms with van der Waals surface area (Å²) in [5.74, 6) is -1.10. The van der Waals surface area contributed by atoms with Gasteiger partial charge in [-0.15, -0.1) is 0 Å². The van der Waals surface area contributed by atoms with E-state index in [4.69, 9.17) is 32.7 Å². The van der Waals surface area contributed by atoms with Gasteiger partial charge in [-0.25, -0.2) is 4.39 Å². The van der Waals surface area contributed by atoms with Crippen molar-refractivity contribution in [3.05, 3.63) is 33.6 Å². The SMILES string of the molecule is O=C(NCCCOCC1CCCO1)c1cc(F)c(Cl)cc1Cl. The third-order valence-electron chi connectivity index (χ3n) is 3.33. The van der Waals surface area contributed by atoms with Crippen molar-refractivity contribution in [2.45, 2.75) is 25.4 Å². The predicted molar refractivity (Wildman–Crippen MR) is 83.2 cm³/mol. The Hall–Kier alpha value is -0.880. The molecule has 1 aliphatic heterocycles. The molecular formula is C15H18Cl2FNO3. The van der Waals surface area contributed by atoms with Crippen LogP contribution in [0.3, 0.4) is 0 Å². The molecule has 1 fully saturated rings. The maximum atomic E-state index is 13.4.